The molecule has 0 saturated heterocycles. The van der Waals surface area contributed by atoms with Crippen molar-refractivity contribution >= 4 is 17.3 Å². The van der Waals surface area contributed by atoms with E-state index in [0.29, 0.717) is 13.2 Å². The highest BCUT2D eigenvalue weighted by atomic mass is 32.1. The lowest BCUT2D eigenvalue weighted by molar-refractivity contribution is 0.340. The number of hydrogen-bond donors (Lipinski definition) is 2. The fraction of sp³-hybridized carbons (Fsp3) is 0.409. The molecule has 0 saturated carbocycles. The molecule has 0 radical (unpaired) electrons. The first-order chi connectivity index (χ1) is 14.7. The Balaban J connectivity index is 1.57. The maximum atomic E-state index is 5.59. The van der Waals surface area contributed by atoms with Crippen LogP contribution >= 0.6 is 11.3 Å². The Hall–Kier alpha value is -2.87. The van der Waals surface area contributed by atoms with Crippen LogP contribution in [-0.4, -0.2) is 40.4 Å². The number of thiophene rings is 1. The van der Waals surface area contributed by atoms with Crippen LogP contribution in [0.4, 0.5) is 0 Å². The van der Waals surface area contributed by atoms with Crippen LogP contribution in [0, 0.1) is 6.92 Å². The van der Waals surface area contributed by atoms with Gasteiger partial charge in [0.15, 0.2) is 11.8 Å². The van der Waals surface area contributed by atoms with Crippen molar-refractivity contribution in [3.05, 3.63) is 63.9 Å². The lowest BCUT2D eigenvalue weighted by atomic mass is 10.1. The second kappa shape index (κ2) is 11.3. The van der Waals surface area contributed by atoms with Crippen molar-refractivity contribution in [1.82, 2.24) is 25.4 Å². The van der Waals surface area contributed by atoms with E-state index in [9.17, 15) is 0 Å². The molecule has 30 heavy (non-hydrogen) atoms. The number of aryl methyl sites for hydroxylation is 1. The van der Waals surface area contributed by atoms with Crippen LogP contribution in [0.1, 0.15) is 29.0 Å². The van der Waals surface area contributed by atoms with E-state index in [0.717, 1.165) is 49.3 Å². The number of guanidine groups is 1. The van der Waals surface area contributed by atoms with Gasteiger partial charge in [-0.15, -0.1) is 21.5 Å². The van der Waals surface area contributed by atoms with E-state index in [-0.39, 0.29) is 0 Å². The van der Waals surface area contributed by atoms with Crippen LogP contribution in [0.2, 0.25) is 0 Å². The Morgan fingerprint density at radius 3 is 2.67 bits per heavy atom. The predicted molar refractivity (Wildman–Crippen MR) is 122 cm³/mol. The second-order valence-electron chi connectivity index (χ2n) is 6.90. The normalized spacial score (nSPS) is 11.5. The van der Waals surface area contributed by atoms with Crippen molar-refractivity contribution < 1.29 is 4.74 Å². The van der Waals surface area contributed by atoms with Crippen molar-refractivity contribution in [1.29, 1.82) is 0 Å². The van der Waals surface area contributed by atoms with Crippen molar-refractivity contribution in [3.63, 3.8) is 0 Å². The van der Waals surface area contributed by atoms with Gasteiger partial charge in [0.1, 0.15) is 18.1 Å². The molecule has 2 aromatic heterocycles. The van der Waals surface area contributed by atoms with Crippen LogP contribution < -0.4 is 15.4 Å². The first-order valence-electron chi connectivity index (χ1n) is 10.3. The molecule has 2 heterocycles. The number of rotatable bonds is 10. The van der Waals surface area contributed by atoms with Gasteiger partial charge >= 0.3 is 0 Å². The van der Waals surface area contributed by atoms with E-state index >= 15 is 0 Å². The summed E-state index contributed by atoms with van der Waals surface area (Å²) >= 11 is 1.78. The molecule has 0 aliphatic rings. The smallest absolute Gasteiger partial charge is 0.191 e. The Labute approximate surface area is 182 Å². The standard InChI is InChI=1S/C22H30N6OS/c1-4-29-19-8-5-7-18(15-19)10-12-23-22(24-13-11-20-9-6-14-30-20)25-16-21-27-26-17(2)28(21)3/h5-9,14-15H,4,10-13,16H2,1-3H3,(H2,23,24,25). The monoisotopic (exact) mass is 426 g/mol. The Kier molecular flexibility index (Phi) is 8.26. The summed E-state index contributed by atoms with van der Waals surface area (Å²) in [5.41, 5.74) is 1.23. The first kappa shape index (κ1) is 21.8. The molecule has 2 N–H and O–H groups in total. The molecule has 0 amide bonds. The molecule has 8 heteroatoms. The molecule has 0 bridgehead atoms. The van der Waals surface area contributed by atoms with Gasteiger partial charge in [-0.25, -0.2) is 4.99 Å². The van der Waals surface area contributed by atoms with Crippen molar-refractivity contribution in [2.24, 2.45) is 12.0 Å². The topological polar surface area (TPSA) is 76.4 Å². The molecule has 7 nitrogen and oxygen atoms in total. The molecule has 3 aromatic rings. The van der Waals surface area contributed by atoms with Gasteiger partial charge in [-0.2, -0.15) is 0 Å². The number of aromatic nitrogens is 3. The molecular weight excluding hydrogens is 396 g/mol. The van der Waals surface area contributed by atoms with Crippen molar-refractivity contribution in [2.45, 2.75) is 33.2 Å². The molecule has 0 unspecified atom stereocenters. The number of benzene rings is 1. The molecule has 0 fully saturated rings. The third kappa shape index (κ3) is 6.59. The van der Waals surface area contributed by atoms with Gasteiger partial charge in [-0.05, 0) is 55.8 Å². The number of aliphatic imine (C=N–C) groups is 1. The van der Waals surface area contributed by atoms with Crippen LogP contribution in [0.15, 0.2) is 46.8 Å². The van der Waals surface area contributed by atoms with Gasteiger partial charge in [0.25, 0.3) is 0 Å². The number of ether oxygens (including phenoxy) is 1. The fourth-order valence-electron chi connectivity index (χ4n) is 2.95. The quantitative estimate of drug-likeness (QED) is 0.385. The summed E-state index contributed by atoms with van der Waals surface area (Å²) in [6, 6.07) is 12.5. The van der Waals surface area contributed by atoms with Crippen LogP contribution in [0.5, 0.6) is 5.75 Å². The molecular formula is C22H30N6OS. The third-order valence-corrected chi connectivity index (χ3v) is 5.66. The minimum absolute atomic E-state index is 0.478. The van der Waals surface area contributed by atoms with E-state index in [4.69, 9.17) is 9.73 Å². The van der Waals surface area contributed by atoms with Gasteiger partial charge in [0.05, 0.1) is 6.61 Å². The fourth-order valence-corrected chi connectivity index (χ4v) is 3.66. The van der Waals surface area contributed by atoms with Gasteiger partial charge in [-0.3, -0.25) is 0 Å². The molecule has 1 aromatic carbocycles. The average Bonchev–Trinajstić information content (AvgIpc) is 3.37. The van der Waals surface area contributed by atoms with E-state index < -0.39 is 0 Å². The van der Waals surface area contributed by atoms with Crippen LogP contribution in [0.25, 0.3) is 0 Å². The summed E-state index contributed by atoms with van der Waals surface area (Å²) in [5, 5.41) is 17.3. The van der Waals surface area contributed by atoms with Gasteiger partial charge < -0.3 is 19.9 Å². The summed E-state index contributed by atoms with van der Waals surface area (Å²) in [4.78, 5) is 6.07. The molecule has 0 atom stereocenters. The lowest BCUT2D eigenvalue weighted by Gasteiger charge is -2.13. The highest BCUT2D eigenvalue weighted by Crippen LogP contribution is 2.13. The van der Waals surface area contributed by atoms with Crippen molar-refractivity contribution in [2.75, 3.05) is 19.7 Å². The van der Waals surface area contributed by atoms with E-state index in [1.807, 2.05) is 37.6 Å². The first-order valence-corrected chi connectivity index (χ1v) is 11.1. The second-order valence-corrected chi connectivity index (χ2v) is 7.93. The Morgan fingerprint density at radius 1 is 1.13 bits per heavy atom. The number of hydrogen-bond acceptors (Lipinski definition) is 5. The zero-order valence-electron chi connectivity index (χ0n) is 17.9. The predicted octanol–water partition coefficient (Wildman–Crippen LogP) is 3.10. The highest BCUT2D eigenvalue weighted by Gasteiger charge is 2.06. The lowest BCUT2D eigenvalue weighted by Crippen LogP contribution is -2.39. The maximum Gasteiger partial charge on any atom is 0.191 e. The molecule has 0 aliphatic carbocycles. The van der Waals surface area contributed by atoms with E-state index in [1.54, 1.807) is 11.3 Å². The molecule has 0 aliphatic heterocycles. The van der Waals surface area contributed by atoms with Gasteiger partial charge in [-0.1, -0.05) is 18.2 Å². The zero-order chi connectivity index (χ0) is 21.2. The summed E-state index contributed by atoms with van der Waals surface area (Å²) in [7, 11) is 1.96. The summed E-state index contributed by atoms with van der Waals surface area (Å²) in [6.07, 6.45) is 1.85. The third-order valence-electron chi connectivity index (χ3n) is 4.72. The molecule has 0 spiro atoms. The summed E-state index contributed by atoms with van der Waals surface area (Å²) in [6.45, 7) is 6.69. The minimum atomic E-state index is 0.478. The van der Waals surface area contributed by atoms with Crippen molar-refractivity contribution in [3.8, 4) is 5.75 Å². The van der Waals surface area contributed by atoms with E-state index in [2.05, 4.69) is 50.5 Å². The Bertz CT molecular complexity index is 935. The molecule has 160 valence electrons. The minimum Gasteiger partial charge on any atom is -0.494 e. The number of nitrogens with zero attached hydrogens (tertiary/aromatic N) is 4. The highest BCUT2D eigenvalue weighted by molar-refractivity contribution is 7.09. The summed E-state index contributed by atoms with van der Waals surface area (Å²) in [5.74, 6) is 3.43. The molecule has 3 rings (SSSR count). The van der Waals surface area contributed by atoms with Crippen LogP contribution in [-0.2, 0) is 26.4 Å². The Morgan fingerprint density at radius 2 is 1.97 bits per heavy atom. The number of nitrogens with one attached hydrogen (secondary N) is 2. The van der Waals surface area contributed by atoms with Gasteiger partial charge in [0.2, 0.25) is 0 Å². The van der Waals surface area contributed by atoms with Gasteiger partial charge in [0, 0.05) is 25.0 Å². The SMILES string of the molecule is CCOc1cccc(CCNC(=NCc2nnc(C)n2C)NCCc2cccs2)c1. The average molecular weight is 427 g/mol. The van der Waals surface area contributed by atoms with E-state index in [1.165, 1.54) is 10.4 Å². The van der Waals surface area contributed by atoms with Crippen LogP contribution in [0.3, 0.4) is 0 Å². The largest absolute Gasteiger partial charge is 0.494 e. The summed E-state index contributed by atoms with van der Waals surface area (Å²) < 4.78 is 7.56. The zero-order valence-corrected chi connectivity index (χ0v) is 18.7. The maximum absolute atomic E-state index is 5.59.